The Kier molecular flexibility index (Phi) is 2.91. The van der Waals surface area contributed by atoms with E-state index in [1.165, 1.54) is 0 Å². The van der Waals surface area contributed by atoms with E-state index in [0.717, 1.165) is 23.6 Å². The molecular formula is C11H14ClNO2. The average molecular weight is 228 g/mol. The molecule has 0 fully saturated rings. The number of anilines is 1. The van der Waals surface area contributed by atoms with Crippen LogP contribution in [0.1, 0.15) is 20.3 Å². The highest BCUT2D eigenvalue weighted by Crippen LogP contribution is 2.39. The van der Waals surface area contributed by atoms with Crippen molar-refractivity contribution in [3.63, 3.8) is 0 Å². The van der Waals surface area contributed by atoms with Crippen molar-refractivity contribution in [2.75, 3.05) is 12.1 Å². The quantitative estimate of drug-likeness (QED) is 0.860. The maximum atomic E-state index is 6.11. The molecular weight excluding hydrogens is 214 g/mol. The second-order valence-electron chi connectivity index (χ2n) is 3.64. The molecule has 1 aliphatic rings. The first-order chi connectivity index (χ1) is 7.20. The Morgan fingerprint density at radius 3 is 2.73 bits per heavy atom. The van der Waals surface area contributed by atoms with Crippen molar-refractivity contribution >= 4 is 17.3 Å². The van der Waals surface area contributed by atoms with Crippen molar-refractivity contribution in [2.24, 2.45) is 0 Å². The van der Waals surface area contributed by atoms with Gasteiger partial charge in [-0.1, -0.05) is 18.5 Å². The molecule has 0 saturated carbocycles. The molecule has 1 aromatic rings. The lowest BCUT2D eigenvalue weighted by Gasteiger charge is -2.14. The summed E-state index contributed by atoms with van der Waals surface area (Å²) >= 11 is 6.11. The fourth-order valence-electron chi connectivity index (χ4n) is 1.40. The van der Waals surface area contributed by atoms with Gasteiger partial charge in [0.2, 0.25) is 6.79 Å². The van der Waals surface area contributed by atoms with Crippen LogP contribution in [0.2, 0.25) is 5.02 Å². The van der Waals surface area contributed by atoms with Crippen LogP contribution < -0.4 is 14.8 Å². The molecule has 0 bridgehead atoms. The van der Waals surface area contributed by atoms with Gasteiger partial charge in [0.15, 0.2) is 11.5 Å². The molecule has 1 aromatic carbocycles. The maximum absolute atomic E-state index is 6.11. The van der Waals surface area contributed by atoms with Crippen LogP contribution in [0, 0.1) is 0 Å². The molecule has 0 aromatic heterocycles. The van der Waals surface area contributed by atoms with E-state index >= 15 is 0 Å². The summed E-state index contributed by atoms with van der Waals surface area (Å²) in [6.07, 6.45) is 1.05. The van der Waals surface area contributed by atoms with Crippen LogP contribution in [-0.2, 0) is 0 Å². The van der Waals surface area contributed by atoms with Crippen LogP contribution >= 0.6 is 11.6 Å². The molecule has 2 rings (SSSR count). The number of halogens is 1. The molecule has 1 atom stereocenters. The number of nitrogens with one attached hydrogen (secondary N) is 1. The first-order valence-corrected chi connectivity index (χ1v) is 5.44. The van der Waals surface area contributed by atoms with E-state index < -0.39 is 0 Å². The highest BCUT2D eigenvalue weighted by atomic mass is 35.5. The van der Waals surface area contributed by atoms with Crippen LogP contribution in [-0.4, -0.2) is 12.8 Å². The van der Waals surface area contributed by atoms with E-state index in [1.807, 2.05) is 6.07 Å². The number of rotatable bonds is 3. The van der Waals surface area contributed by atoms with Crippen molar-refractivity contribution in [2.45, 2.75) is 26.3 Å². The second-order valence-corrected chi connectivity index (χ2v) is 4.05. The lowest BCUT2D eigenvalue weighted by atomic mass is 10.2. The number of hydrogen-bond acceptors (Lipinski definition) is 3. The Morgan fingerprint density at radius 1 is 1.40 bits per heavy atom. The van der Waals surface area contributed by atoms with Crippen molar-refractivity contribution in [3.8, 4) is 11.5 Å². The Bertz CT molecular complexity index is 368. The standard InChI is InChI=1S/C11H14ClNO2/c1-3-7(2)13-9-5-11-10(4-8(9)12)14-6-15-11/h4-5,7,13H,3,6H2,1-2H3. The SMILES string of the molecule is CCC(C)Nc1cc2c(cc1Cl)OCO2. The molecule has 0 spiro atoms. The van der Waals surface area contributed by atoms with Gasteiger partial charge in [-0.15, -0.1) is 0 Å². The van der Waals surface area contributed by atoms with Crippen molar-refractivity contribution in [1.29, 1.82) is 0 Å². The molecule has 82 valence electrons. The summed E-state index contributed by atoms with van der Waals surface area (Å²) in [6, 6.07) is 4.06. The number of benzene rings is 1. The van der Waals surface area contributed by atoms with Gasteiger partial charge in [0.1, 0.15) is 0 Å². The largest absolute Gasteiger partial charge is 0.454 e. The van der Waals surface area contributed by atoms with Gasteiger partial charge in [0.05, 0.1) is 10.7 Å². The molecule has 1 unspecified atom stereocenters. The van der Waals surface area contributed by atoms with Gasteiger partial charge in [0.25, 0.3) is 0 Å². The topological polar surface area (TPSA) is 30.5 Å². The molecule has 0 aliphatic carbocycles. The molecule has 1 heterocycles. The van der Waals surface area contributed by atoms with Gasteiger partial charge >= 0.3 is 0 Å². The highest BCUT2D eigenvalue weighted by Gasteiger charge is 2.16. The summed E-state index contributed by atoms with van der Waals surface area (Å²) < 4.78 is 10.5. The number of hydrogen-bond donors (Lipinski definition) is 1. The van der Waals surface area contributed by atoms with Crippen molar-refractivity contribution in [1.82, 2.24) is 0 Å². The summed E-state index contributed by atoms with van der Waals surface area (Å²) in [5.41, 5.74) is 0.898. The first-order valence-electron chi connectivity index (χ1n) is 5.06. The third kappa shape index (κ3) is 2.12. The zero-order valence-electron chi connectivity index (χ0n) is 8.84. The fourth-order valence-corrected chi connectivity index (χ4v) is 1.60. The van der Waals surface area contributed by atoms with E-state index in [1.54, 1.807) is 6.07 Å². The fraction of sp³-hybridized carbons (Fsp3) is 0.455. The van der Waals surface area contributed by atoms with Gasteiger partial charge in [-0.3, -0.25) is 0 Å². The monoisotopic (exact) mass is 227 g/mol. The summed E-state index contributed by atoms with van der Waals surface area (Å²) in [7, 11) is 0. The van der Waals surface area contributed by atoms with Gasteiger partial charge in [-0.05, 0) is 13.3 Å². The zero-order chi connectivity index (χ0) is 10.8. The summed E-state index contributed by atoms with van der Waals surface area (Å²) in [6.45, 7) is 4.51. The zero-order valence-corrected chi connectivity index (χ0v) is 9.60. The second kappa shape index (κ2) is 4.19. The number of ether oxygens (including phenoxy) is 2. The van der Waals surface area contributed by atoms with E-state index in [-0.39, 0.29) is 6.79 Å². The van der Waals surface area contributed by atoms with Crippen LogP contribution in [0.4, 0.5) is 5.69 Å². The smallest absolute Gasteiger partial charge is 0.231 e. The molecule has 0 saturated heterocycles. The lowest BCUT2D eigenvalue weighted by molar-refractivity contribution is 0.174. The summed E-state index contributed by atoms with van der Waals surface area (Å²) in [5, 5.41) is 3.99. The predicted octanol–water partition coefficient (Wildman–Crippen LogP) is 3.28. The minimum atomic E-state index is 0.276. The minimum absolute atomic E-state index is 0.276. The van der Waals surface area contributed by atoms with Crippen molar-refractivity contribution in [3.05, 3.63) is 17.2 Å². The van der Waals surface area contributed by atoms with E-state index in [4.69, 9.17) is 21.1 Å². The molecule has 3 nitrogen and oxygen atoms in total. The molecule has 1 N–H and O–H groups in total. The maximum Gasteiger partial charge on any atom is 0.231 e. The highest BCUT2D eigenvalue weighted by molar-refractivity contribution is 6.33. The van der Waals surface area contributed by atoms with E-state index in [9.17, 15) is 0 Å². The molecule has 1 aliphatic heterocycles. The molecule has 15 heavy (non-hydrogen) atoms. The summed E-state index contributed by atoms with van der Waals surface area (Å²) in [5.74, 6) is 1.47. The predicted molar refractivity (Wildman–Crippen MR) is 61.0 cm³/mol. The Morgan fingerprint density at radius 2 is 2.07 bits per heavy atom. The lowest BCUT2D eigenvalue weighted by Crippen LogP contribution is -2.13. The minimum Gasteiger partial charge on any atom is -0.454 e. The van der Waals surface area contributed by atoms with E-state index in [0.29, 0.717) is 11.1 Å². The third-order valence-corrected chi connectivity index (χ3v) is 2.79. The molecule has 0 amide bonds. The third-order valence-electron chi connectivity index (χ3n) is 2.48. The van der Waals surface area contributed by atoms with Gasteiger partial charge in [-0.2, -0.15) is 0 Å². The van der Waals surface area contributed by atoms with E-state index in [2.05, 4.69) is 19.2 Å². The van der Waals surface area contributed by atoms with Crippen molar-refractivity contribution < 1.29 is 9.47 Å². The Balaban J connectivity index is 2.24. The Hall–Kier alpha value is -1.09. The molecule has 0 radical (unpaired) electrons. The van der Waals surface area contributed by atoms with Gasteiger partial charge < -0.3 is 14.8 Å². The van der Waals surface area contributed by atoms with Crippen LogP contribution in [0.5, 0.6) is 11.5 Å². The number of fused-ring (bicyclic) bond motifs is 1. The van der Waals surface area contributed by atoms with Gasteiger partial charge in [0, 0.05) is 18.2 Å². The Labute approximate surface area is 94.3 Å². The first kappa shape index (κ1) is 10.4. The van der Waals surface area contributed by atoms with Gasteiger partial charge in [-0.25, -0.2) is 0 Å². The average Bonchev–Trinajstić information content (AvgIpc) is 2.65. The normalized spacial score (nSPS) is 15.1. The van der Waals surface area contributed by atoms with Crippen LogP contribution in [0.15, 0.2) is 12.1 Å². The van der Waals surface area contributed by atoms with Crippen LogP contribution in [0.3, 0.4) is 0 Å². The summed E-state index contributed by atoms with van der Waals surface area (Å²) in [4.78, 5) is 0. The molecule has 4 heteroatoms. The van der Waals surface area contributed by atoms with Crippen LogP contribution in [0.25, 0.3) is 0 Å².